The van der Waals surface area contributed by atoms with Gasteiger partial charge in [0.2, 0.25) is 0 Å². The van der Waals surface area contributed by atoms with Crippen LogP contribution < -0.4 is 11.0 Å². The number of nitrogens with zero attached hydrogens (tertiary/aromatic N) is 1. The quantitative estimate of drug-likeness (QED) is 0.609. The summed E-state index contributed by atoms with van der Waals surface area (Å²) in [4.78, 5) is 29.4. The highest BCUT2D eigenvalue weighted by Gasteiger charge is 2.11. The van der Waals surface area contributed by atoms with Crippen LogP contribution in [0.5, 0.6) is 0 Å². The predicted molar refractivity (Wildman–Crippen MR) is 98.2 cm³/mol. The van der Waals surface area contributed by atoms with E-state index in [9.17, 15) is 9.59 Å². The lowest BCUT2D eigenvalue weighted by Crippen LogP contribution is -2.19. The summed E-state index contributed by atoms with van der Waals surface area (Å²) < 4.78 is 0. The van der Waals surface area contributed by atoms with Gasteiger partial charge in [0.05, 0.1) is 6.42 Å². The first-order valence-corrected chi connectivity index (χ1v) is 8.63. The summed E-state index contributed by atoms with van der Waals surface area (Å²) in [5, 5.41) is 12.2. The van der Waals surface area contributed by atoms with Crippen molar-refractivity contribution < 1.29 is 9.90 Å². The van der Waals surface area contributed by atoms with Crippen LogP contribution in [0.3, 0.4) is 0 Å². The minimum atomic E-state index is -0.850. The Morgan fingerprint density at radius 1 is 1.28 bits per heavy atom. The van der Waals surface area contributed by atoms with Crippen molar-refractivity contribution in [2.24, 2.45) is 0 Å². The molecule has 0 unspecified atom stereocenters. The largest absolute Gasteiger partial charge is 0.481 e. The molecule has 6 heteroatoms. The lowest BCUT2D eigenvalue weighted by atomic mass is 10.0. The zero-order chi connectivity index (χ0) is 18.2. The minimum Gasteiger partial charge on any atom is -0.481 e. The van der Waals surface area contributed by atoms with Crippen molar-refractivity contribution in [2.75, 3.05) is 11.9 Å². The number of carbonyl (C=O) groups is 1. The van der Waals surface area contributed by atoms with Gasteiger partial charge in [-0.05, 0) is 24.5 Å². The van der Waals surface area contributed by atoms with Crippen LogP contribution in [-0.4, -0.2) is 27.6 Å². The number of anilines is 1. The van der Waals surface area contributed by atoms with Crippen LogP contribution in [0.1, 0.15) is 48.6 Å². The molecule has 0 atom stereocenters. The molecule has 1 heterocycles. The number of unbranched alkanes of at least 4 members (excludes halogenated alkanes) is 2. The monoisotopic (exact) mass is 343 g/mol. The van der Waals surface area contributed by atoms with Crippen LogP contribution in [0.2, 0.25) is 0 Å². The van der Waals surface area contributed by atoms with Gasteiger partial charge in [-0.15, -0.1) is 0 Å². The molecule has 0 aliphatic heterocycles. The maximum Gasteiger partial charge on any atom is 0.347 e. The lowest BCUT2D eigenvalue weighted by molar-refractivity contribution is -0.136. The highest BCUT2D eigenvalue weighted by Crippen LogP contribution is 2.19. The van der Waals surface area contributed by atoms with Crippen molar-refractivity contribution in [3.05, 3.63) is 57.1 Å². The number of aryl methyl sites for hydroxylation is 1. The SMILES string of the molecule is CCCCCNc1nc(=O)[nH]c(C)c1Cc1cccc(CC(=O)O)c1. The third kappa shape index (κ3) is 5.74. The fraction of sp³-hybridized carbons (Fsp3) is 0.421. The molecule has 0 saturated carbocycles. The van der Waals surface area contributed by atoms with E-state index in [4.69, 9.17) is 5.11 Å². The number of nitrogens with one attached hydrogen (secondary N) is 2. The molecule has 25 heavy (non-hydrogen) atoms. The molecule has 3 N–H and O–H groups in total. The molecule has 2 aromatic rings. The van der Waals surface area contributed by atoms with Gasteiger partial charge in [0.15, 0.2) is 0 Å². The standard InChI is InChI=1S/C19H25N3O3/c1-3-4-5-9-20-18-16(13(2)21-19(25)22-18)11-14-7-6-8-15(10-14)12-17(23)24/h6-8,10H,3-5,9,11-12H2,1-2H3,(H,23,24)(H2,20,21,22,25). The average molecular weight is 343 g/mol. The first kappa shape index (κ1) is 18.7. The maximum atomic E-state index is 11.7. The van der Waals surface area contributed by atoms with Crippen LogP contribution in [0.4, 0.5) is 5.82 Å². The number of benzene rings is 1. The second-order valence-electron chi connectivity index (χ2n) is 6.20. The number of carboxylic acid groups (broad SMARTS) is 1. The number of H-pyrrole nitrogens is 1. The van der Waals surface area contributed by atoms with Crippen molar-refractivity contribution in [1.29, 1.82) is 0 Å². The fourth-order valence-corrected chi connectivity index (χ4v) is 2.78. The van der Waals surface area contributed by atoms with Gasteiger partial charge < -0.3 is 15.4 Å². The molecular weight excluding hydrogens is 318 g/mol. The molecule has 6 nitrogen and oxygen atoms in total. The van der Waals surface area contributed by atoms with Crippen molar-refractivity contribution in [3.63, 3.8) is 0 Å². The molecule has 0 spiro atoms. The molecule has 134 valence electrons. The summed E-state index contributed by atoms with van der Waals surface area (Å²) in [6, 6.07) is 7.51. The molecule has 1 aromatic heterocycles. The topological polar surface area (TPSA) is 95.1 Å². The minimum absolute atomic E-state index is 0.00117. The number of hydrogen-bond acceptors (Lipinski definition) is 4. The summed E-state index contributed by atoms with van der Waals surface area (Å²) in [6.45, 7) is 4.78. The Morgan fingerprint density at radius 3 is 2.76 bits per heavy atom. The van der Waals surface area contributed by atoms with Crippen LogP contribution in [0, 0.1) is 6.92 Å². The van der Waals surface area contributed by atoms with Gasteiger partial charge in [0, 0.05) is 24.2 Å². The van der Waals surface area contributed by atoms with Crippen molar-refractivity contribution in [1.82, 2.24) is 9.97 Å². The summed E-state index contributed by atoms with van der Waals surface area (Å²) in [7, 11) is 0. The third-order valence-corrected chi connectivity index (χ3v) is 4.05. The van der Waals surface area contributed by atoms with E-state index in [1.165, 1.54) is 0 Å². The van der Waals surface area contributed by atoms with Gasteiger partial charge in [-0.2, -0.15) is 4.98 Å². The van der Waals surface area contributed by atoms with E-state index in [-0.39, 0.29) is 12.1 Å². The smallest absolute Gasteiger partial charge is 0.347 e. The van der Waals surface area contributed by atoms with Gasteiger partial charge in [0.1, 0.15) is 5.82 Å². The fourth-order valence-electron chi connectivity index (χ4n) is 2.78. The molecule has 0 saturated heterocycles. The summed E-state index contributed by atoms with van der Waals surface area (Å²) in [5.41, 5.74) is 3.11. The molecule has 2 rings (SSSR count). The molecule has 0 bridgehead atoms. The maximum absolute atomic E-state index is 11.7. The highest BCUT2D eigenvalue weighted by molar-refractivity contribution is 5.70. The van der Waals surface area contributed by atoms with E-state index in [2.05, 4.69) is 22.2 Å². The first-order chi connectivity index (χ1) is 12.0. The number of aromatic amines is 1. The van der Waals surface area contributed by atoms with E-state index < -0.39 is 5.97 Å². The predicted octanol–water partition coefficient (Wildman–Crippen LogP) is 2.90. The summed E-state index contributed by atoms with van der Waals surface area (Å²) in [5.74, 6) is -0.238. The van der Waals surface area contributed by atoms with E-state index in [1.807, 2.05) is 25.1 Å². The third-order valence-electron chi connectivity index (χ3n) is 4.05. The van der Waals surface area contributed by atoms with Gasteiger partial charge in [-0.25, -0.2) is 4.79 Å². The number of rotatable bonds is 9. The molecular formula is C19H25N3O3. The Kier molecular flexibility index (Phi) is 6.74. The van der Waals surface area contributed by atoms with E-state index >= 15 is 0 Å². The highest BCUT2D eigenvalue weighted by atomic mass is 16.4. The Balaban J connectivity index is 2.23. The Morgan fingerprint density at radius 2 is 2.04 bits per heavy atom. The van der Waals surface area contributed by atoms with Gasteiger partial charge in [0.25, 0.3) is 0 Å². The number of hydrogen-bond donors (Lipinski definition) is 3. The molecule has 0 aliphatic rings. The Bertz CT molecular complexity index is 784. The second kappa shape index (κ2) is 9.01. The lowest BCUT2D eigenvalue weighted by Gasteiger charge is -2.13. The zero-order valence-electron chi connectivity index (χ0n) is 14.8. The van der Waals surface area contributed by atoms with Crippen LogP contribution in [0.25, 0.3) is 0 Å². The van der Waals surface area contributed by atoms with Crippen LogP contribution >= 0.6 is 0 Å². The molecule has 0 aliphatic carbocycles. The van der Waals surface area contributed by atoms with Gasteiger partial charge in [-0.1, -0.05) is 44.0 Å². The van der Waals surface area contributed by atoms with Gasteiger partial charge >= 0.3 is 11.7 Å². The molecule has 0 radical (unpaired) electrons. The number of aliphatic carboxylic acids is 1. The first-order valence-electron chi connectivity index (χ1n) is 8.63. The zero-order valence-corrected chi connectivity index (χ0v) is 14.8. The molecule has 0 fully saturated rings. The Hall–Kier alpha value is -2.63. The average Bonchev–Trinajstić information content (AvgIpc) is 2.54. The van der Waals surface area contributed by atoms with E-state index in [1.54, 1.807) is 6.07 Å². The molecule has 1 aromatic carbocycles. The van der Waals surface area contributed by atoms with Crippen molar-refractivity contribution in [2.45, 2.75) is 46.0 Å². The summed E-state index contributed by atoms with van der Waals surface area (Å²) >= 11 is 0. The van der Waals surface area contributed by atoms with Crippen LogP contribution in [0.15, 0.2) is 29.1 Å². The Labute approximate surface area is 147 Å². The number of carboxylic acids is 1. The summed E-state index contributed by atoms with van der Waals surface area (Å²) in [6.07, 6.45) is 3.87. The molecule has 0 amide bonds. The van der Waals surface area contributed by atoms with Crippen molar-refractivity contribution in [3.8, 4) is 0 Å². The van der Waals surface area contributed by atoms with Gasteiger partial charge in [-0.3, -0.25) is 4.79 Å². The van der Waals surface area contributed by atoms with E-state index in [0.717, 1.165) is 48.2 Å². The van der Waals surface area contributed by atoms with Crippen LogP contribution in [-0.2, 0) is 17.6 Å². The van der Waals surface area contributed by atoms with Crippen molar-refractivity contribution >= 4 is 11.8 Å². The normalized spacial score (nSPS) is 10.6. The number of aromatic nitrogens is 2. The second-order valence-corrected chi connectivity index (χ2v) is 6.20. The van der Waals surface area contributed by atoms with E-state index in [0.29, 0.717) is 12.2 Å².